The van der Waals surface area contributed by atoms with E-state index >= 15 is 0 Å². The second kappa shape index (κ2) is 11.9. The number of aromatic nitrogens is 4. The third-order valence-electron chi connectivity index (χ3n) is 8.28. The third kappa shape index (κ3) is 5.91. The number of piperidine rings is 1. The smallest absolute Gasteiger partial charge is 0.379 e. The van der Waals surface area contributed by atoms with Crippen LogP contribution in [0.25, 0.3) is 0 Å². The molecule has 0 spiro atoms. The number of halogens is 4. The van der Waals surface area contributed by atoms with Gasteiger partial charge in [0.2, 0.25) is 0 Å². The molecule has 0 aliphatic carbocycles. The molecule has 226 valence electrons. The van der Waals surface area contributed by atoms with Crippen molar-refractivity contribution in [3.63, 3.8) is 0 Å². The molecule has 0 saturated carbocycles. The van der Waals surface area contributed by atoms with Gasteiger partial charge in [-0.25, -0.2) is 4.98 Å². The Bertz CT molecular complexity index is 1460. The van der Waals surface area contributed by atoms with Gasteiger partial charge < -0.3 is 9.30 Å². The molecule has 6 rings (SSSR count). The standard InChI is InChI=1S/C28H30ClF3N6O2.C2H6/c1-17-4-3-5-37(11-17)12-18-6-20-21(22(7-18)28(30,31)32)13-38(26(20)39)24-9-19(8-23(29)34-24)27(14-40-15-27)10-25-35-33-16-36(25)2;1-2/h6-9,16-17H,3-5,10-15H2,1-2H3;1-2H3/t17-;/m0./s1. The Labute approximate surface area is 248 Å². The Morgan fingerprint density at radius 3 is 2.55 bits per heavy atom. The monoisotopic (exact) mass is 604 g/mol. The lowest BCUT2D eigenvalue weighted by Crippen LogP contribution is -2.49. The molecule has 5 heterocycles. The number of ether oxygens (including phenoxy) is 1. The number of rotatable bonds is 6. The number of carbonyl (C=O) groups is 1. The van der Waals surface area contributed by atoms with Gasteiger partial charge in [0, 0.05) is 37.5 Å². The molecule has 2 aromatic heterocycles. The fourth-order valence-electron chi connectivity index (χ4n) is 6.10. The summed E-state index contributed by atoms with van der Waals surface area (Å²) >= 11 is 6.43. The highest BCUT2D eigenvalue weighted by Gasteiger charge is 2.44. The minimum atomic E-state index is -4.60. The number of nitrogens with zero attached hydrogens (tertiary/aromatic N) is 6. The molecule has 1 atom stereocenters. The van der Waals surface area contributed by atoms with E-state index in [-0.39, 0.29) is 28.6 Å². The van der Waals surface area contributed by atoms with Gasteiger partial charge in [-0.15, -0.1) is 10.2 Å². The molecule has 2 fully saturated rings. The first-order valence-corrected chi connectivity index (χ1v) is 14.8. The Morgan fingerprint density at radius 2 is 1.93 bits per heavy atom. The molecule has 0 unspecified atom stereocenters. The van der Waals surface area contributed by atoms with Crippen LogP contribution in [0.5, 0.6) is 0 Å². The number of alkyl halides is 3. The number of anilines is 1. The zero-order chi connectivity index (χ0) is 30.2. The van der Waals surface area contributed by atoms with E-state index in [1.807, 2.05) is 25.5 Å². The number of hydrogen-bond acceptors (Lipinski definition) is 6. The molecule has 1 aromatic carbocycles. The van der Waals surface area contributed by atoms with E-state index in [2.05, 4.69) is 27.0 Å². The van der Waals surface area contributed by atoms with Crippen molar-refractivity contribution in [1.82, 2.24) is 24.6 Å². The maximum Gasteiger partial charge on any atom is 0.416 e. The zero-order valence-corrected chi connectivity index (χ0v) is 25.1. The summed E-state index contributed by atoms with van der Waals surface area (Å²) in [7, 11) is 1.85. The van der Waals surface area contributed by atoms with Gasteiger partial charge in [0.15, 0.2) is 0 Å². The number of pyridine rings is 1. The fraction of sp³-hybridized carbons (Fsp3) is 0.533. The van der Waals surface area contributed by atoms with Crippen molar-refractivity contribution in [2.45, 2.75) is 64.7 Å². The Balaban J connectivity index is 0.00000173. The highest BCUT2D eigenvalue weighted by molar-refractivity contribution is 6.29. The second-order valence-corrected chi connectivity index (χ2v) is 11.8. The van der Waals surface area contributed by atoms with Crippen molar-refractivity contribution in [3.8, 4) is 0 Å². The van der Waals surface area contributed by atoms with Crippen LogP contribution in [0.3, 0.4) is 0 Å². The molecule has 0 radical (unpaired) electrons. The first-order valence-electron chi connectivity index (χ1n) is 14.4. The number of likely N-dealkylation sites (tertiary alicyclic amines) is 1. The first-order chi connectivity index (χ1) is 20.0. The van der Waals surface area contributed by atoms with Crippen LogP contribution >= 0.6 is 11.6 Å². The lowest BCUT2D eigenvalue weighted by Gasteiger charge is -2.42. The number of fused-ring (bicyclic) bond motifs is 1. The predicted molar refractivity (Wildman–Crippen MR) is 153 cm³/mol. The Hall–Kier alpha value is -3.02. The van der Waals surface area contributed by atoms with Crippen LogP contribution in [0, 0.1) is 5.92 Å². The van der Waals surface area contributed by atoms with Crippen LogP contribution in [0.15, 0.2) is 30.6 Å². The van der Waals surface area contributed by atoms with Gasteiger partial charge in [0.25, 0.3) is 5.91 Å². The molecule has 3 aliphatic rings. The first kappa shape index (κ1) is 30.4. The van der Waals surface area contributed by atoms with Crippen LogP contribution < -0.4 is 4.90 Å². The Kier molecular flexibility index (Phi) is 8.65. The van der Waals surface area contributed by atoms with Crippen LogP contribution in [-0.2, 0) is 42.9 Å². The Morgan fingerprint density at radius 1 is 1.17 bits per heavy atom. The molecule has 2 saturated heterocycles. The molecule has 1 amide bonds. The molecule has 3 aliphatic heterocycles. The van der Waals surface area contributed by atoms with Gasteiger partial charge in [0.05, 0.1) is 25.3 Å². The maximum absolute atomic E-state index is 14.3. The summed E-state index contributed by atoms with van der Waals surface area (Å²) in [4.78, 5) is 21.5. The number of aryl methyl sites for hydroxylation is 1. The highest BCUT2D eigenvalue weighted by Crippen LogP contribution is 2.42. The predicted octanol–water partition coefficient (Wildman–Crippen LogP) is 5.81. The summed E-state index contributed by atoms with van der Waals surface area (Å²) in [5.74, 6) is 0.950. The number of benzene rings is 1. The summed E-state index contributed by atoms with van der Waals surface area (Å²) in [6.45, 7) is 8.76. The van der Waals surface area contributed by atoms with Crippen LogP contribution in [-0.4, -0.2) is 56.9 Å². The van der Waals surface area contributed by atoms with Crippen molar-refractivity contribution >= 4 is 23.3 Å². The SMILES string of the molecule is CC.C[C@H]1CCCN(Cc2cc3c(c(C(F)(F)F)c2)CN(c2cc(C4(Cc5nncn5C)COC4)cc(Cl)n2)C3=O)C1. The van der Waals surface area contributed by atoms with Gasteiger partial charge in [-0.2, -0.15) is 13.2 Å². The number of carbonyl (C=O) groups excluding carboxylic acids is 1. The number of hydrogen-bond donors (Lipinski definition) is 0. The van der Waals surface area contributed by atoms with E-state index in [1.54, 1.807) is 24.5 Å². The van der Waals surface area contributed by atoms with Crippen molar-refractivity contribution < 1.29 is 22.7 Å². The maximum atomic E-state index is 14.3. The molecule has 0 bridgehead atoms. The second-order valence-electron chi connectivity index (χ2n) is 11.4. The molecule has 42 heavy (non-hydrogen) atoms. The molecule has 0 N–H and O–H groups in total. The van der Waals surface area contributed by atoms with Gasteiger partial charge >= 0.3 is 6.18 Å². The summed E-state index contributed by atoms with van der Waals surface area (Å²) in [5, 5.41) is 8.29. The zero-order valence-electron chi connectivity index (χ0n) is 24.3. The van der Waals surface area contributed by atoms with E-state index in [4.69, 9.17) is 16.3 Å². The molecular weight excluding hydrogens is 569 g/mol. The summed E-state index contributed by atoms with van der Waals surface area (Å²) in [6.07, 6.45) is -0.332. The molecular formula is C30H36ClF3N6O2. The largest absolute Gasteiger partial charge is 0.416 e. The number of amides is 1. The molecule has 8 nitrogen and oxygen atoms in total. The van der Waals surface area contributed by atoms with E-state index in [0.717, 1.165) is 37.3 Å². The van der Waals surface area contributed by atoms with E-state index < -0.39 is 23.1 Å². The highest BCUT2D eigenvalue weighted by atomic mass is 35.5. The van der Waals surface area contributed by atoms with Crippen LogP contribution in [0.2, 0.25) is 5.15 Å². The van der Waals surface area contributed by atoms with Crippen LogP contribution in [0.4, 0.5) is 19.0 Å². The van der Waals surface area contributed by atoms with Gasteiger partial charge in [-0.1, -0.05) is 32.4 Å². The lowest BCUT2D eigenvalue weighted by atomic mass is 9.76. The average molecular weight is 605 g/mol. The molecule has 12 heteroatoms. The topological polar surface area (TPSA) is 76.4 Å². The van der Waals surface area contributed by atoms with Crippen molar-refractivity contribution in [2.75, 3.05) is 31.2 Å². The minimum absolute atomic E-state index is 0.0302. The average Bonchev–Trinajstić information content (AvgIpc) is 3.48. The quantitative estimate of drug-likeness (QED) is 0.331. The fourth-order valence-corrected chi connectivity index (χ4v) is 6.31. The van der Waals surface area contributed by atoms with Crippen LogP contribution in [0.1, 0.15) is 72.0 Å². The van der Waals surface area contributed by atoms with Crippen molar-refractivity contribution in [1.29, 1.82) is 0 Å². The van der Waals surface area contributed by atoms with E-state index in [1.165, 1.54) is 11.0 Å². The lowest BCUT2D eigenvalue weighted by molar-refractivity contribution is -0.138. The van der Waals surface area contributed by atoms with E-state index in [9.17, 15) is 18.0 Å². The van der Waals surface area contributed by atoms with Gasteiger partial charge in [-0.05, 0) is 66.3 Å². The molecule has 3 aromatic rings. The van der Waals surface area contributed by atoms with Crippen molar-refractivity contribution in [2.24, 2.45) is 13.0 Å². The third-order valence-corrected chi connectivity index (χ3v) is 8.48. The van der Waals surface area contributed by atoms with Crippen molar-refractivity contribution in [3.05, 3.63) is 69.4 Å². The summed E-state index contributed by atoms with van der Waals surface area (Å²) < 4.78 is 50.2. The normalized spacial score (nSPS) is 20.1. The summed E-state index contributed by atoms with van der Waals surface area (Å²) in [6, 6.07) is 6.27. The minimum Gasteiger partial charge on any atom is -0.379 e. The van der Waals surface area contributed by atoms with Gasteiger partial charge in [-0.3, -0.25) is 14.6 Å². The van der Waals surface area contributed by atoms with Gasteiger partial charge in [0.1, 0.15) is 23.1 Å². The van der Waals surface area contributed by atoms with E-state index in [0.29, 0.717) is 37.7 Å². The summed E-state index contributed by atoms with van der Waals surface area (Å²) in [5.41, 5.74) is 0.0830.